The smallest absolute Gasteiger partial charge is 0.465 e. The Kier molecular flexibility index (Phi) is 9.02. The van der Waals surface area contributed by atoms with Crippen molar-refractivity contribution in [2.45, 2.75) is 51.9 Å². The maximum atomic E-state index is 11.7. The molecule has 1 unspecified atom stereocenters. The van der Waals surface area contributed by atoms with Gasteiger partial charge in [-0.1, -0.05) is 6.07 Å². The quantitative estimate of drug-likeness (QED) is 0.302. The summed E-state index contributed by atoms with van der Waals surface area (Å²) in [5, 5.41) is 41.8. The van der Waals surface area contributed by atoms with Crippen molar-refractivity contribution in [1.82, 2.24) is 4.57 Å². The molecule has 1 heterocycles. The summed E-state index contributed by atoms with van der Waals surface area (Å²) in [6.45, 7) is 6.32. The summed E-state index contributed by atoms with van der Waals surface area (Å²) < 4.78 is 6.04. The lowest BCUT2D eigenvalue weighted by atomic mass is 9.83. The first-order chi connectivity index (χ1) is 11.3. The van der Waals surface area contributed by atoms with E-state index in [2.05, 4.69) is 0 Å². The van der Waals surface area contributed by atoms with E-state index in [4.69, 9.17) is 19.8 Å². The van der Waals surface area contributed by atoms with Gasteiger partial charge < -0.3 is 34.6 Å². The van der Waals surface area contributed by atoms with Crippen molar-refractivity contribution in [2.75, 3.05) is 6.61 Å². The average molecular weight is 359 g/mol. The van der Waals surface area contributed by atoms with E-state index < -0.39 is 24.5 Å². The molecule has 0 amide bonds. The molecule has 0 aliphatic rings. The number of aliphatic hydroxyl groups is 2. The van der Waals surface area contributed by atoms with E-state index in [1.165, 1.54) is 37.6 Å². The first kappa shape index (κ1) is 23.3. The zero-order valence-corrected chi connectivity index (χ0v) is 14.8. The lowest BCUT2D eigenvalue weighted by molar-refractivity contribution is -0.143. The van der Waals surface area contributed by atoms with E-state index >= 15 is 0 Å². The second kappa shape index (κ2) is 9.69. The molecule has 10 heteroatoms. The van der Waals surface area contributed by atoms with Crippen LogP contribution >= 0.6 is 0 Å². The molecule has 1 aromatic rings. The van der Waals surface area contributed by atoms with Crippen LogP contribution in [0.2, 0.25) is 0 Å². The normalized spacial score (nSPS) is 13.3. The van der Waals surface area contributed by atoms with Gasteiger partial charge in [-0.3, -0.25) is 9.59 Å². The third-order valence-corrected chi connectivity index (χ3v) is 3.52. The van der Waals surface area contributed by atoms with Crippen molar-refractivity contribution >= 4 is 13.3 Å². The van der Waals surface area contributed by atoms with Crippen LogP contribution in [0.1, 0.15) is 33.3 Å². The van der Waals surface area contributed by atoms with Crippen molar-refractivity contribution in [3.8, 4) is 0 Å². The van der Waals surface area contributed by atoms with Crippen molar-refractivity contribution in [3.05, 3.63) is 34.2 Å². The maximum Gasteiger partial charge on any atom is 0.631 e. The maximum absolute atomic E-state index is 11.7. The molecule has 0 bridgehead atoms. The number of carbonyl (C=O) groups excluding carboxylic acids is 1. The molecule has 9 nitrogen and oxygen atoms in total. The van der Waals surface area contributed by atoms with E-state index in [1.807, 2.05) is 0 Å². The standard InChI is InChI=1S/C15H23NO5.BH3O3/c1-5-21-13(18)10-16-9-11(6-7-12(16)17)8-15(4,20)14(2,3)19;2-1(3)4/h6-7,9,19-20H,5,8,10H2,1-4H3;2-4H. The molecule has 0 radical (unpaired) electrons. The minimum absolute atomic E-state index is 0.152. The molecule has 0 aromatic carbocycles. The molecule has 0 aliphatic carbocycles. The number of esters is 1. The highest BCUT2D eigenvalue weighted by atomic mass is 16.5. The van der Waals surface area contributed by atoms with Gasteiger partial charge in [0.2, 0.25) is 0 Å². The molecule has 0 aliphatic heterocycles. The van der Waals surface area contributed by atoms with Gasteiger partial charge in [-0.2, -0.15) is 0 Å². The molecule has 0 spiro atoms. The van der Waals surface area contributed by atoms with Crippen molar-refractivity contribution < 1.29 is 34.8 Å². The summed E-state index contributed by atoms with van der Waals surface area (Å²) in [5.41, 5.74) is -2.34. The van der Waals surface area contributed by atoms with Gasteiger partial charge in [0.05, 0.1) is 17.8 Å². The number of hydrogen-bond donors (Lipinski definition) is 5. The second-order valence-corrected chi connectivity index (χ2v) is 6.16. The Balaban J connectivity index is 0.00000129. The summed E-state index contributed by atoms with van der Waals surface area (Å²) >= 11 is 0. The molecule has 1 rings (SSSR count). The average Bonchev–Trinajstić information content (AvgIpc) is 2.40. The van der Waals surface area contributed by atoms with Crippen LogP contribution in [0.25, 0.3) is 0 Å². The van der Waals surface area contributed by atoms with Crippen molar-refractivity contribution in [1.29, 1.82) is 0 Å². The Hall–Kier alpha value is -1.72. The topological polar surface area (TPSA) is 149 Å². The molecular formula is C15H26BNO8. The van der Waals surface area contributed by atoms with Gasteiger partial charge in [-0.05, 0) is 33.3 Å². The number of hydrogen-bond acceptors (Lipinski definition) is 8. The summed E-state index contributed by atoms with van der Waals surface area (Å²) in [4.78, 5) is 23.2. The highest BCUT2D eigenvalue weighted by molar-refractivity contribution is 6.30. The first-order valence-corrected chi connectivity index (χ1v) is 7.64. The fraction of sp³-hybridized carbons (Fsp3) is 0.600. The zero-order valence-electron chi connectivity index (χ0n) is 14.8. The predicted octanol–water partition coefficient (Wildman–Crippen LogP) is -1.58. The first-order valence-electron chi connectivity index (χ1n) is 7.64. The zero-order chi connectivity index (χ0) is 19.8. The van der Waals surface area contributed by atoms with Gasteiger partial charge >= 0.3 is 13.3 Å². The summed E-state index contributed by atoms with van der Waals surface area (Å²) in [6, 6.07) is 2.90. The highest BCUT2D eigenvalue weighted by Gasteiger charge is 2.37. The molecule has 1 aromatic heterocycles. The molecular weight excluding hydrogens is 333 g/mol. The van der Waals surface area contributed by atoms with Crippen LogP contribution in [0.3, 0.4) is 0 Å². The van der Waals surface area contributed by atoms with Crippen molar-refractivity contribution in [3.63, 3.8) is 0 Å². The van der Waals surface area contributed by atoms with Gasteiger partial charge in [0.25, 0.3) is 5.56 Å². The Morgan fingerprint density at radius 2 is 1.72 bits per heavy atom. The lowest BCUT2D eigenvalue weighted by Crippen LogP contribution is -2.49. The Labute approximate surface area is 146 Å². The monoisotopic (exact) mass is 359 g/mol. The second-order valence-electron chi connectivity index (χ2n) is 6.16. The summed E-state index contributed by atoms with van der Waals surface area (Å²) in [7, 11) is -2.17. The van der Waals surface area contributed by atoms with Gasteiger partial charge in [0.15, 0.2) is 0 Å². The molecule has 0 saturated carbocycles. The third-order valence-electron chi connectivity index (χ3n) is 3.52. The van der Waals surface area contributed by atoms with Crippen LogP contribution in [0.5, 0.6) is 0 Å². The Morgan fingerprint density at radius 3 is 2.16 bits per heavy atom. The van der Waals surface area contributed by atoms with E-state index in [9.17, 15) is 19.8 Å². The van der Waals surface area contributed by atoms with Crippen LogP contribution in [0, 0.1) is 0 Å². The number of carbonyl (C=O) groups is 1. The summed E-state index contributed by atoms with van der Waals surface area (Å²) in [5.74, 6) is -0.494. The summed E-state index contributed by atoms with van der Waals surface area (Å²) in [6.07, 6.45) is 1.65. The number of pyridine rings is 1. The highest BCUT2D eigenvalue weighted by Crippen LogP contribution is 2.25. The number of nitrogens with zero attached hydrogens (tertiary/aromatic N) is 1. The van der Waals surface area contributed by atoms with Gasteiger partial charge in [0, 0.05) is 18.7 Å². The van der Waals surface area contributed by atoms with Gasteiger partial charge in [-0.15, -0.1) is 0 Å². The molecule has 25 heavy (non-hydrogen) atoms. The molecule has 1 atom stereocenters. The lowest BCUT2D eigenvalue weighted by Gasteiger charge is -2.35. The molecule has 0 saturated heterocycles. The van der Waals surface area contributed by atoms with Crippen molar-refractivity contribution in [2.24, 2.45) is 0 Å². The number of aromatic nitrogens is 1. The number of rotatable bonds is 6. The molecule has 0 fully saturated rings. The fourth-order valence-corrected chi connectivity index (χ4v) is 1.77. The SMILES string of the molecule is CCOC(=O)Cn1cc(CC(C)(O)C(C)(C)O)ccc1=O.OB(O)O. The molecule has 5 N–H and O–H groups in total. The predicted molar refractivity (Wildman–Crippen MR) is 90.4 cm³/mol. The van der Waals surface area contributed by atoms with Gasteiger partial charge in [-0.25, -0.2) is 0 Å². The van der Waals surface area contributed by atoms with E-state index in [0.717, 1.165) is 0 Å². The van der Waals surface area contributed by atoms with Crippen LogP contribution in [0.4, 0.5) is 0 Å². The van der Waals surface area contributed by atoms with Crippen LogP contribution in [0.15, 0.2) is 23.1 Å². The third kappa shape index (κ3) is 8.80. The van der Waals surface area contributed by atoms with E-state index in [0.29, 0.717) is 5.56 Å². The van der Waals surface area contributed by atoms with Crippen LogP contribution in [-0.4, -0.2) is 61.0 Å². The minimum atomic E-state index is -2.17. The minimum Gasteiger partial charge on any atom is -0.465 e. The Morgan fingerprint density at radius 1 is 1.20 bits per heavy atom. The molecule has 142 valence electrons. The van der Waals surface area contributed by atoms with Crippen LogP contribution < -0.4 is 5.56 Å². The van der Waals surface area contributed by atoms with E-state index in [-0.39, 0.29) is 25.1 Å². The van der Waals surface area contributed by atoms with E-state index in [1.54, 1.807) is 13.0 Å². The van der Waals surface area contributed by atoms with Gasteiger partial charge in [0.1, 0.15) is 6.54 Å². The number of ether oxygens (including phenoxy) is 1. The fourth-order valence-electron chi connectivity index (χ4n) is 1.77. The Bertz CT molecular complexity index is 604. The van der Waals surface area contributed by atoms with Crippen LogP contribution in [-0.2, 0) is 22.5 Å². The largest absolute Gasteiger partial charge is 0.631 e.